The van der Waals surface area contributed by atoms with Crippen molar-refractivity contribution < 1.29 is 14.6 Å². The molecule has 0 saturated heterocycles. The molecule has 0 aliphatic heterocycles. The zero-order chi connectivity index (χ0) is 18.7. The number of nitrogens with zero attached hydrogens (tertiary/aromatic N) is 1. The standard InChI is InChI=1S/C22H23NO3/c1-14-8-10-16(11-9-14)17-12-19(24)22(20(25)13-17)15(2)23-18-6-4-5-7-21(18)26-3/h4-11,17,24H,12-13H2,1-3H3. The van der Waals surface area contributed by atoms with Gasteiger partial charge in [-0.1, -0.05) is 42.0 Å². The van der Waals surface area contributed by atoms with Gasteiger partial charge in [-0.2, -0.15) is 0 Å². The molecule has 134 valence electrons. The molecule has 0 aromatic heterocycles. The summed E-state index contributed by atoms with van der Waals surface area (Å²) < 4.78 is 5.30. The average molecular weight is 349 g/mol. The van der Waals surface area contributed by atoms with Crippen molar-refractivity contribution in [2.45, 2.75) is 32.6 Å². The number of ether oxygens (including phenoxy) is 1. The monoisotopic (exact) mass is 349 g/mol. The van der Waals surface area contributed by atoms with Gasteiger partial charge in [0.2, 0.25) is 0 Å². The number of benzene rings is 2. The molecule has 0 amide bonds. The fourth-order valence-electron chi connectivity index (χ4n) is 3.34. The molecule has 4 nitrogen and oxygen atoms in total. The van der Waals surface area contributed by atoms with Crippen LogP contribution < -0.4 is 4.74 Å². The number of aryl methyl sites for hydroxylation is 1. The van der Waals surface area contributed by atoms with Gasteiger partial charge in [-0.3, -0.25) is 4.79 Å². The highest BCUT2D eigenvalue weighted by molar-refractivity contribution is 6.23. The van der Waals surface area contributed by atoms with Crippen molar-refractivity contribution in [2.24, 2.45) is 4.99 Å². The number of aliphatic hydroxyl groups excluding tert-OH is 1. The third-order valence-corrected chi connectivity index (χ3v) is 4.72. The lowest BCUT2D eigenvalue weighted by Gasteiger charge is -2.24. The second-order valence-electron chi connectivity index (χ2n) is 6.63. The van der Waals surface area contributed by atoms with Crippen molar-refractivity contribution in [1.29, 1.82) is 0 Å². The van der Waals surface area contributed by atoms with E-state index in [0.717, 1.165) is 5.56 Å². The Morgan fingerprint density at radius 1 is 1.12 bits per heavy atom. The second kappa shape index (κ2) is 7.56. The summed E-state index contributed by atoms with van der Waals surface area (Å²) in [4.78, 5) is 17.2. The van der Waals surface area contributed by atoms with Crippen LogP contribution in [0.1, 0.15) is 36.8 Å². The molecular formula is C22H23NO3. The minimum Gasteiger partial charge on any atom is -0.511 e. The Bertz CT molecular complexity index is 879. The van der Waals surface area contributed by atoms with Crippen LogP contribution in [0.4, 0.5) is 5.69 Å². The molecule has 1 unspecified atom stereocenters. The Labute approximate surface area is 153 Å². The van der Waals surface area contributed by atoms with Crippen molar-refractivity contribution in [3.63, 3.8) is 0 Å². The largest absolute Gasteiger partial charge is 0.511 e. The van der Waals surface area contributed by atoms with E-state index < -0.39 is 0 Å². The maximum atomic E-state index is 12.7. The number of carbonyl (C=O) groups is 1. The van der Waals surface area contributed by atoms with Crippen molar-refractivity contribution in [2.75, 3.05) is 7.11 Å². The summed E-state index contributed by atoms with van der Waals surface area (Å²) in [5.41, 5.74) is 3.74. The fraction of sp³-hybridized carbons (Fsp3) is 0.273. The lowest BCUT2D eigenvalue weighted by molar-refractivity contribution is -0.116. The number of para-hydroxylation sites is 2. The highest BCUT2D eigenvalue weighted by atomic mass is 16.5. The predicted octanol–water partition coefficient (Wildman–Crippen LogP) is 5.05. The van der Waals surface area contributed by atoms with Crippen molar-refractivity contribution in [1.82, 2.24) is 0 Å². The maximum absolute atomic E-state index is 12.7. The highest BCUT2D eigenvalue weighted by Gasteiger charge is 2.30. The molecule has 1 aliphatic rings. The van der Waals surface area contributed by atoms with Crippen molar-refractivity contribution >= 4 is 17.2 Å². The summed E-state index contributed by atoms with van der Waals surface area (Å²) in [5, 5.41) is 10.5. The number of hydrogen-bond donors (Lipinski definition) is 1. The maximum Gasteiger partial charge on any atom is 0.168 e. The molecule has 1 aliphatic carbocycles. The molecule has 3 rings (SSSR count). The van der Waals surface area contributed by atoms with Gasteiger partial charge in [0.15, 0.2) is 5.78 Å². The van der Waals surface area contributed by atoms with Gasteiger partial charge in [0.05, 0.1) is 18.4 Å². The van der Waals surface area contributed by atoms with Crippen LogP contribution in [-0.2, 0) is 4.79 Å². The Kier molecular flexibility index (Phi) is 5.21. The smallest absolute Gasteiger partial charge is 0.168 e. The van der Waals surface area contributed by atoms with Gasteiger partial charge in [0.1, 0.15) is 17.2 Å². The van der Waals surface area contributed by atoms with E-state index >= 15 is 0 Å². The summed E-state index contributed by atoms with van der Waals surface area (Å²) >= 11 is 0. The lowest BCUT2D eigenvalue weighted by Crippen LogP contribution is -2.22. The van der Waals surface area contributed by atoms with Crippen LogP contribution in [0.5, 0.6) is 5.75 Å². The van der Waals surface area contributed by atoms with Crippen LogP contribution in [-0.4, -0.2) is 23.7 Å². The molecular weight excluding hydrogens is 326 g/mol. The molecule has 4 heteroatoms. The summed E-state index contributed by atoms with van der Waals surface area (Å²) in [6.07, 6.45) is 0.824. The van der Waals surface area contributed by atoms with Gasteiger partial charge in [-0.15, -0.1) is 0 Å². The molecule has 0 radical (unpaired) electrons. The zero-order valence-corrected chi connectivity index (χ0v) is 15.3. The number of carbonyl (C=O) groups excluding carboxylic acids is 1. The first kappa shape index (κ1) is 17.9. The molecule has 0 fully saturated rings. The Hall–Kier alpha value is -2.88. The number of methoxy groups -OCH3 is 1. The summed E-state index contributed by atoms with van der Waals surface area (Å²) in [7, 11) is 1.58. The quantitative estimate of drug-likeness (QED) is 0.785. The van der Waals surface area contributed by atoms with Gasteiger partial charge < -0.3 is 9.84 Å². The number of Topliss-reactive ketones (excluding diaryl/α,β-unsaturated/α-hetero) is 1. The van der Waals surface area contributed by atoms with Crippen LogP contribution in [0.15, 0.2) is 64.9 Å². The minimum absolute atomic E-state index is 0.00547. The SMILES string of the molecule is COc1ccccc1N=C(C)C1=C(O)CC(c2ccc(C)cc2)CC1=O. The second-order valence-corrected chi connectivity index (χ2v) is 6.63. The number of aliphatic hydroxyl groups is 1. The number of ketones is 1. The molecule has 0 saturated carbocycles. The lowest BCUT2D eigenvalue weighted by atomic mass is 9.81. The van der Waals surface area contributed by atoms with Crippen LogP contribution in [0.2, 0.25) is 0 Å². The molecule has 1 atom stereocenters. The Morgan fingerprint density at radius 3 is 2.46 bits per heavy atom. The van der Waals surface area contributed by atoms with E-state index in [1.807, 2.05) is 55.5 Å². The van der Waals surface area contributed by atoms with E-state index in [-0.39, 0.29) is 17.5 Å². The topological polar surface area (TPSA) is 58.9 Å². The van der Waals surface area contributed by atoms with Gasteiger partial charge in [0.25, 0.3) is 0 Å². The Morgan fingerprint density at radius 2 is 1.81 bits per heavy atom. The number of aliphatic imine (C=N–C) groups is 1. The predicted molar refractivity (Wildman–Crippen MR) is 104 cm³/mol. The van der Waals surface area contributed by atoms with Gasteiger partial charge in [-0.05, 0) is 37.5 Å². The van der Waals surface area contributed by atoms with E-state index in [2.05, 4.69) is 4.99 Å². The number of hydrogen-bond acceptors (Lipinski definition) is 4. The fourth-order valence-corrected chi connectivity index (χ4v) is 3.34. The first-order chi connectivity index (χ1) is 12.5. The van der Waals surface area contributed by atoms with Crippen LogP contribution in [0.25, 0.3) is 0 Å². The normalized spacial score (nSPS) is 18.2. The first-order valence-electron chi connectivity index (χ1n) is 8.70. The third kappa shape index (κ3) is 3.69. The van der Waals surface area contributed by atoms with Gasteiger partial charge >= 0.3 is 0 Å². The summed E-state index contributed by atoms with van der Waals surface area (Å²) in [6, 6.07) is 15.5. The van der Waals surface area contributed by atoms with Crippen LogP contribution in [0.3, 0.4) is 0 Å². The first-order valence-corrected chi connectivity index (χ1v) is 8.70. The summed E-state index contributed by atoms with van der Waals surface area (Å²) in [6.45, 7) is 3.78. The van der Waals surface area contributed by atoms with Crippen LogP contribution in [0, 0.1) is 6.92 Å². The van der Waals surface area contributed by atoms with Crippen molar-refractivity contribution in [3.8, 4) is 5.75 Å². The number of rotatable bonds is 4. The van der Waals surface area contributed by atoms with E-state index in [0.29, 0.717) is 35.6 Å². The van der Waals surface area contributed by atoms with E-state index in [1.165, 1.54) is 5.56 Å². The third-order valence-electron chi connectivity index (χ3n) is 4.72. The van der Waals surface area contributed by atoms with Crippen molar-refractivity contribution in [3.05, 3.63) is 71.0 Å². The molecule has 1 N–H and O–H groups in total. The minimum atomic E-state index is -0.0736. The summed E-state index contributed by atoms with van der Waals surface area (Å²) in [5.74, 6) is 0.678. The Balaban J connectivity index is 1.90. The van der Waals surface area contributed by atoms with E-state index in [4.69, 9.17) is 4.74 Å². The molecule has 2 aromatic carbocycles. The molecule has 0 bridgehead atoms. The molecule has 26 heavy (non-hydrogen) atoms. The highest BCUT2D eigenvalue weighted by Crippen LogP contribution is 2.35. The van der Waals surface area contributed by atoms with Crippen LogP contribution >= 0.6 is 0 Å². The molecule has 0 spiro atoms. The molecule has 0 heterocycles. The van der Waals surface area contributed by atoms with E-state index in [1.54, 1.807) is 14.0 Å². The van der Waals surface area contributed by atoms with Gasteiger partial charge in [-0.25, -0.2) is 4.99 Å². The van der Waals surface area contributed by atoms with Gasteiger partial charge in [0, 0.05) is 12.8 Å². The molecule has 2 aromatic rings. The van der Waals surface area contributed by atoms with E-state index in [9.17, 15) is 9.90 Å². The number of allylic oxidation sites excluding steroid dienone is 2. The average Bonchev–Trinajstić information content (AvgIpc) is 2.62. The zero-order valence-electron chi connectivity index (χ0n) is 15.3.